The van der Waals surface area contributed by atoms with E-state index in [0.29, 0.717) is 49.4 Å². The van der Waals surface area contributed by atoms with E-state index in [9.17, 15) is 9.90 Å². The molecule has 2 saturated heterocycles. The summed E-state index contributed by atoms with van der Waals surface area (Å²) in [5.41, 5.74) is 0.590. The number of carbonyl (C=O) groups is 1. The Morgan fingerprint density at radius 3 is 2.65 bits per heavy atom. The zero-order valence-electron chi connectivity index (χ0n) is 22.1. The van der Waals surface area contributed by atoms with Crippen molar-refractivity contribution in [3.8, 4) is 5.75 Å². The highest BCUT2D eigenvalue weighted by molar-refractivity contribution is 5.92. The van der Waals surface area contributed by atoms with Gasteiger partial charge in [0.2, 0.25) is 11.9 Å². The molecule has 37 heavy (non-hydrogen) atoms. The summed E-state index contributed by atoms with van der Waals surface area (Å²) < 4.78 is 6.21. The molecule has 196 valence electrons. The zero-order valence-corrected chi connectivity index (χ0v) is 22.1. The van der Waals surface area contributed by atoms with Crippen molar-refractivity contribution in [3.05, 3.63) is 42.2 Å². The van der Waals surface area contributed by atoms with Gasteiger partial charge in [-0.15, -0.1) is 0 Å². The second-order valence-electron chi connectivity index (χ2n) is 10.8. The minimum Gasteiger partial charge on any atom is -0.491 e. The number of nitrogens with one attached hydrogen (secondary N) is 1. The third-order valence-corrected chi connectivity index (χ3v) is 7.60. The molecule has 2 aromatic heterocycles. The topological polar surface area (TPSA) is 104 Å². The van der Waals surface area contributed by atoms with E-state index in [4.69, 9.17) is 9.72 Å². The van der Waals surface area contributed by atoms with E-state index in [1.54, 1.807) is 11.1 Å². The summed E-state index contributed by atoms with van der Waals surface area (Å²) in [6, 6.07) is 8.10. The number of aromatic nitrogens is 3. The van der Waals surface area contributed by atoms with Crippen LogP contribution in [0.4, 0.5) is 17.6 Å². The second kappa shape index (κ2) is 10.1. The van der Waals surface area contributed by atoms with Gasteiger partial charge < -0.3 is 25.0 Å². The van der Waals surface area contributed by atoms with Gasteiger partial charge in [0.15, 0.2) is 0 Å². The van der Waals surface area contributed by atoms with E-state index in [-0.39, 0.29) is 11.9 Å². The number of amides is 1. The van der Waals surface area contributed by atoms with Crippen LogP contribution in [0, 0.1) is 0 Å². The number of nitrogens with zero attached hydrogens (tertiary/aromatic N) is 5. The number of hydrogen-bond acceptors (Lipinski definition) is 8. The first-order valence-corrected chi connectivity index (χ1v) is 13.1. The third kappa shape index (κ3) is 5.46. The Bertz CT molecular complexity index is 1280. The largest absolute Gasteiger partial charge is 0.491 e. The maximum absolute atomic E-state index is 11.9. The summed E-state index contributed by atoms with van der Waals surface area (Å²) in [5, 5.41) is 15.6. The summed E-state index contributed by atoms with van der Waals surface area (Å²) in [7, 11) is 1.84. The molecule has 9 heteroatoms. The molecule has 2 N–H and O–H groups in total. The van der Waals surface area contributed by atoms with Crippen LogP contribution in [0.15, 0.2) is 36.7 Å². The second-order valence-corrected chi connectivity index (χ2v) is 10.8. The monoisotopic (exact) mass is 504 g/mol. The minimum atomic E-state index is -0.623. The molecule has 0 radical (unpaired) electrons. The SMILES string of the molecule is CC(C)c1ccc(OC[C@@H]2CCC(=O)N2C)c2cnc(Nc3ccnc(N4CCC(C)(O)CC4)n3)cc12. The van der Waals surface area contributed by atoms with Crippen molar-refractivity contribution in [3.63, 3.8) is 0 Å². The van der Waals surface area contributed by atoms with Crippen molar-refractivity contribution in [1.82, 2.24) is 19.9 Å². The quantitative estimate of drug-likeness (QED) is 0.492. The number of likely N-dealkylation sites (tertiary alicyclic amines) is 1. The lowest BCUT2D eigenvalue weighted by atomic mass is 9.94. The average molecular weight is 505 g/mol. The lowest BCUT2D eigenvalue weighted by Gasteiger charge is -2.35. The Balaban J connectivity index is 1.37. The summed E-state index contributed by atoms with van der Waals surface area (Å²) in [6.07, 6.45) is 6.37. The number of carbonyl (C=O) groups excluding carboxylic acids is 1. The molecule has 2 aliphatic heterocycles. The van der Waals surface area contributed by atoms with Crippen LogP contribution in [0.3, 0.4) is 0 Å². The first kappa shape index (κ1) is 25.2. The van der Waals surface area contributed by atoms with Gasteiger partial charge in [0, 0.05) is 44.3 Å². The van der Waals surface area contributed by atoms with E-state index in [1.165, 1.54) is 5.56 Å². The molecule has 1 atom stereocenters. The Morgan fingerprint density at radius 1 is 1.16 bits per heavy atom. The van der Waals surface area contributed by atoms with Crippen molar-refractivity contribution >= 4 is 34.3 Å². The van der Waals surface area contributed by atoms with E-state index >= 15 is 0 Å². The van der Waals surface area contributed by atoms with Crippen molar-refractivity contribution in [1.29, 1.82) is 0 Å². The number of benzene rings is 1. The highest BCUT2D eigenvalue weighted by Gasteiger charge is 2.29. The average Bonchev–Trinajstić information content (AvgIpc) is 3.19. The van der Waals surface area contributed by atoms with Crippen LogP contribution in [0.2, 0.25) is 0 Å². The summed E-state index contributed by atoms with van der Waals surface area (Å²) in [5.74, 6) is 3.28. The number of rotatable bonds is 7. The van der Waals surface area contributed by atoms with Crippen LogP contribution in [-0.2, 0) is 4.79 Å². The maximum Gasteiger partial charge on any atom is 0.227 e. The number of anilines is 3. The molecule has 0 spiro atoms. The van der Waals surface area contributed by atoms with Gasteiger partial charge >= 0.3 is 0 Å². The molecule has 4 heterocycles. The van der Waals surface area contributed by atoms with Gasteiger partial charge in [-0.2, -0.15) is 4.98 Å². The lowest BCUT2D eigenvalue weighted by Crippen LogP contribution is -2.43. The number of ether oxygens (including phenoxy) is 1. The number of fused-ring (bicyclic) bond motifs is 1. The van der Waals surface area contributed by atoms with Crippen LogP contribution in [0.1, 0.15) is 57.9 Å². The molecule has 0 unspecified atom stereocenters. The molecule has 9 nitrogen and oxygen atoms in total. The Hall–Kier alpha value is -3.46. The van der Waals surface area contributed by atoms with Gasteiger partial charge in [0.05, 0.1) is 11.6 Å². The highest BCUT2D eigenvalue weighted by Crippen LogP contribution is 2.34. The van der Waals surface area contributed by atoms with Crippen LogP contribution in [0.25, 0.3) is 10.8 Å². The number of pyridine rings is 1. The molecule has 0 aliphatic carbocycles. The molecule has 5 rings (SSSR count). The minimum absolute atomic E-state index is 0.0965. The number of aliphatic hydroxyl groups is 1. The van der Waals surface area contributed by atoms with Crippen molar-refractivity contribution in [2.75, 3.05) is 37.0 Å². The first-order chi connectivity index (χ1) is 17.7. The Kier molecular flexibility index (Phi) is 6.90. The van der Waals surface area contributed by atoms with Gasteiger partial charge in [-0.1, -0.05) is 19.9 Å². The number of likely N-dealkylation sites (N-methyl/N-ethyl adjacent to an activating group) is 1. The Labute approximate surface area is 217 Å². The molecular formula is C28H36N6O3. The molecule has 0 bridgehead atoms. The van der Waals surface area contributed by atoms with Gasteiger partial charge in [-0.3, -0.25) is 4.79 Å². The molecule has 2 aliphatic rings. The van der Waals surface area contributed by atoms with Crippen LogP contribution < -0.4 is 15.0 Å². The lowest BCUT2D eigenvalue weighted by molar-refractivity contribution is -0.127. The standard InChI is InChI=1S/C28H36N6O3/c1-18(2)20-6-7-23(37-17-19-5-8-26(35)33(19)4)22-16-30-25(15-21(20)22)31-24-9-12-29-27(32-24)34-13-10-28(3,36)11-14-34/h6-7,9,12,15-16,18-19,36H,5,8,10-11,13-14,17H2,1-4H3,(H,29,30,31,32)/t19-/m0/s1. The zero-order chi connectivity index (χ0) is 26.2. The maximum atomic E-state index is 11.9. The van der Waals surface area contributed by atoms with Gasteiger partial charge in [0.25, 0.3) is 0 Å². The van der Waals surface area contributed by atoms with Crippen LogP contribution in [-0.4, -0.2) is 69.3 Å². The summed E-state index contributed by atoms with van der Waals surface area (Å²) in [6.45, 7) is 8.13. The molecule has 3 aromatic rings. The van der Waals surface area contributed by atoms with E-state index in [0.717, 1.165) is 36.0 Å². The Morgan fingerprint density at radius 2 is 1.95 bits per heavy atom. The predicted octanol–water partition coefficient (Wildman–Crippen LogP) is 4.24. The summed E-state index contributed by atoms with van der Waals surface area (Å²) in [4.78, 5) is 29.6. The van der Waals surface area contributed by atoms with E-state index in [2.05, 4.69) is 40.1 Å². The van der Waals surface area contributed by atoms with Gasteiger partial charge in [0.1, 0.15) is 24.0 Å². The van der Waals surface area contributed by atoms with Crippen molar-refractivity contribution in [2.45, 2.75) is 64.0 Å². The molecule has 1 amide bonds. The third-order valence-electron chi connectivity index (χ3n) is 7.60. The molecule has 2 fully saturated rings. The van der Waals surface area contributed by atoms with Crippen molar-refractivity contribution in [2.24, 2.45) is 0 Å². The molecule has 0 saturated carbocycles. The fraction of sp³-hybridized carbons (Fsp3) is 0.500. The highest BCUT2D eigenvalue weighted by atomic mass is 16.5. The van der Waals surface area contributed by atoms with Gasteiger partial charge in [-0.25, -0.2) is 9.97 Å². The number of piperidine rings is 1. The van der Waals surface area contributed by atoms with Gasteiger partial charge in [-0.05, 0) is 61.3 Å². The van der Waals surface area contributed by atoms with Crippen LogP contribution in [0.5, 0.6) is 5.75 Å². The van der Waals surface area contributed by atoms with E-state index < -0.39 is 5.60 Å². The van der Waals surface area contributed by atoms with Crippen molar-refractivity contribution < 1.29 is 14.6 Å². The smallest absolute Gasteiger partial charge is 0.227 e. The predicted molar refractivity (Wildman–Crippen MR) is 145 cm³/mol. The fourth-order valence-electron chi connectivity index (χ4n) is 5.07. The van der Waals surface area contributed by atoms with Crippen LogP contribution >= 0.6 is 0 Å². The fourth-order valence-corrected chi connectivity index (χ4v) is 5.07. The molecule has 1 aromatic carbocycles. The summed E-state index contributed by atoms with van der Waals surface area (Å²) >= 11 is 0. The normalized spacial score (nSPS) is 19.6. The first-order valence-electron chi connectivity index (χ1n) is 13.1. The number of hydrogen-bond donors (Lipinski definition) is 2. The van der Waals surface area contributed by atoms with E-state index in [1.807, 2.05) is 38.4 Å². The molecular weight excluding hydrogens is 468 g/mol.